The van der Waals surface area contributed by atoms with E-state index in [1.165, 1.54) is 0 Å². The van der Waals surface area contributed by atoms with Gasteiger partial charge in [0, 0.05) is 0 Å². The van der Waals surface area contributed by atoms with Gasteiger partial charge in [0.2, 0.25) is 0 Å². The Morgan fingerprint density at radius 3 is 2.47 bits per heavy atom. The molecule has 94 valence electrons. The third-order valence-corrected chi connectivity index (χ3v) is 2.63. The topological polar surface area (TPSA) is 29.5 Å². The van der Waals surface area contributed by atoms with Crippen LogP contribution in [-0.4, -0.2) is 31.2 Å². The molecular formula is C14H21NO2. The SMILES string of the molecule is CCCCC(OC(=O)c1ccccc1)N(C)C. The average Bonchev–Trinajstić information content (AvgIpc) is 2.35. The van der Waals surface area contributed by atoms with Crippen molar-refractivity contribution in [1.29, 1.82) is 0 Å². The molecule has 1 atom stereocenters. The van der Waals surface area contributed by atoms with E-state index >= 15 is 0 Å². The maximum Gasteiger partial charge on any atom is 0.339 e. The number of nitrogens with zero attached hydrogens (tertiary/aromatic N) is 1. The van der Waals surface area contributed by atoms with E-state index in [1.54, 1.807) is 12.1 Å². The Labute approximate surface area is 103 Å². The first kappa shape index (κ1) is 13.7. The highest BCUT2D eigenvalue weighted by Crippen LogP contribution is 2.10. The van der Waals surface area contributed by atoms with Gasteiger partial charge < -0.3 is 4.74 Å². The fourth-order valence-electron chi connectivity index (χ4n) is 1.57. The molecule has 0 aliphatic rings. The molecule has 0 aliphatic heterocycles. The maximum atomic E-state index is 11.9. The number of hydrogen-bond acceptors (Lipinski definition) is 3. The highest BCUT2D eigenvalue weighted by molar-refractivity contribution is 5.89. The molecule has 0 radical (unpaired) electrons. The zero-order chi connectivity index (χ0) is 12.7. The quantitative estimate of drug-likeness (QED) is 0.561. The first-order valence-electron chi connectivity index (χ1n) is 6.07. The van der Waals surface area contributed by atoms with Gasteiger partial charge >= 0.3 is 5.97 Å². The van der Waals surface area contributed by atoms with Crippen LogP contribution in [0.5, 0.6) is 0 Å². The summed E-state index contributed by atoms with van der Waals surface area (Å²) in [6.07, 6.45) is 2.91. The van der Waals surface area contributed by atoms with Gasteiger partial charge in [0.05, 0.1) is 5.56 Å². The van der Waals surface area contributed by atoms with Crippen molar-refractivity contribution in [2.24, 2.45) is 0 Å². The first-order valence-corrected chi connectivity index (χ1v) is 6.07. The molecule has 0 spiro atoms. The minimum Gasteiger partial charge on any atom is -0.443 e. The molecule has 3 heteroatoms. The Bertz CT molecular complexity index is 335. The van der Waals surface area contributed by atoms with Gasteiger partial charge in [-0.3, -0.25) is 4.90 Å². The summed E-state index contributed by atoms with van der Waals surface area (Å²) in [5.41, 5.74) is 0.607. The van der Waals surface area contributed by atoms with Crippen LogP contribution in [0.2, 0.25) is 0 Å². The summed E-state index contributed by atoms with van der Waals surface area (Å²) >= 11 is 0. The molecule has 0 saturated carbocycles. The minimum atomic E-state index is -0.250. The Hall–Kier alpha value is -1.35. The zero-order valence-corrected chi connectivity index (χ0v) is 10.8. The van der Waals surface area contributed by atoms with Gasteiger partial charge in [-0.25, -0.2) is 4.79 Å². The Morgan fingerprint density at radius 1 is 1.29 bits per heavy atom. The Balaban J connectivity index is 2.58. The number of hydrogen-bond donors (Lipinski definition) is 0. The van der Waals surface area contributed by atoms with E-state index in [0.29, 0.717) is 5.56 Å². The number of carbonyl (C=O) groups excluding carboxylic acids is 1. The van der Waals surface area contributed by atoms with E-state index in [-0.39, 0.29) is 12.2 Å². The van der Waals surface area contributed by atoms with Crippen molar-refractivity contribution >= 4 is 5.97 Å². The van der Waals surface area contributed by atoms with E-state index in [2.05, 4.69) is 6.92 Å². The van der Waals surface area contributed by atoms with Crippen molar-refractivity contribution in [3.8, 4) is 0 Å². The van der Waals surface area contributed by atoms with Gasteiger partial charge in [0.15, 0.2) is 6.23 Å². The second-order valence-corrected chi connectivity index (χ2v) is 4.33. The van der Waals surface area contributed by atoms with E-state index in [4.69, 9.17) is 4.74 Å². The molecule has 3 nitrogen and oxygen atoms in total. The molecule has 0 saturated heterocycles. The third-order valence-electron chi connectivity index (χ3n) is 2.63. The molecular weight excluding hydrogens is 214 g/mol. The van der Waals surface area contributed by atoms with Crippen molar-refractivity contribution in [2.45, 2.75) is 32.4 Å². The van der Waals surface area contributed by atoms with Crippen LogP contribution in [0.3, 0.4) is 0 Å². The fraction of sp³-hybridized carbons (Fsp3) is 0.500. The lowest BCUT2D eigenvalue weighted by Crippen LogP contribution is -2.32. The van der Waals surface area contributed by atoms with Crippen LogP contribution in [0.15, 0.2) is 30.3 Å². The summed E-state index contributed by atoms with van der Waals surface area (Å²) in [5.74, 6) is -0.250. The summed E-state index contributed by atoms with van der Waals surface area (Å²) < 4.78 is 5.49. The molecule has 1 rings (SSSR count). The zero-order valence-electron chi connectivity index (χ0n) is 10.8. The summed E-state index contributed by atoms with van der Waals surface area (Å²) in [6.45, 7) is 2.13. The monoisotopic (exact) mass is 235 g/mol. The average molecular weight is 235 g/mol. The van der Waals surface area contributed by atoms with Gasteiger partial charge in [-0.2, -0.15) is 0 Å². The molecule has 17 heavy (non-hydrogen) atoms. The fourth-order valence-corrected chi connectivity index (χ4v) is 1.57. The number of ether oxygens (including phenoxy) is 1. The Kier molecular flexibility index (Phi) is 5.70. The lowest BCUT2D eigenvalue weighted by molar-refractivity contribution is -0.0186. The summed E-state index contributed by atoms with van der Waals surface area (Å²) in [4.78, 5) is 13.8. The highest BCUT2D eigenvalue weighted by atomic mass is 16.6. The van der Waals surface area contributed by atoms with E-state index in [9.17, 15) is 4.79 Å². The van der Waals surface area contributed by atoms with Gasteiger partial charge in [-0.1, -0.05) is 31.5 Å². The second-order valence-electron chi connectivity index (χ2n) is 4.33. The number of carbonyl (C=O) groups is 1. The summed E-state index contributed by atoms with van der Waals surface area (Å²) in [5, 5.41) is 0. The van der Waals surface area contributed by atoms with Crippen molar-refractivity contribution in [3.05, 3.63) is 35.9 Å². The van der Waals surface area contributed by atoms with Crippen LogP contribution in [0.25, 0.3) is 0 Å². The summed E-state index contributed by atoms with van der Waals surface area (Å²) in [7, 11) is 3.86. The van der Waals surface area contributed by atoms with Crippen LogP contribution >= 0.6 is 0 Å². The van der Waals surface area contributed by atoms with Crippen molar-refractivity contribution in [1.82, 2.24) is 4.90 Å². The molecule has 0 bridgehead atoms. The van der Waals surface area contributed by atoms with Gasteiger partial charge in [-0.15, -0.1) is 0 Å². The van der Waals surface area contributed by atoms with E-state index < -0.39 is 0 Å². The number of unbranched alkanes of at least 4 members (excludes halogenated alkanes) is 1. The van der Waals surface area contributed by atoms with E-state index in [1.807, 2.05) is 37.2 Å². The van der Waals surface area contributed by atoms with Crippen LogP contribution in [0, 0.1) is 0 Å². The predicted molar refractivity (Wildman–Crippen MR) is 68.9 cm³/mol. The van der Waals surface area contributed by atoms with Crippen LogP contribution < -0.4 is 0 Å². The first-order chi connectivity index (χ1) is 8.15. The molecule has 0 amide bonds. The molecule has 0 aliphatic carbocycles. The molecule has 0 fully saturated rings. The molecule has 1 aromatic rings. The van der Waals surface area contributed by atoms with E-state index in [0.717, 1.165) is 19.3 Å². The smallest absolute Gasteiger partial charge is 0.339 e. The van der Waals surface area contributed by atoms with Crippen LogP contribution in [-0.2, 0) is 4.74 Å². The van der Waals surface area contributed by atoms with Gasteiger partial charge in [0.25, 0.3) is 0 Å². The molecule has 1 unspecified atom stereocenters. The maximum absolute atomic E-state index is 11.9. The molecule has 0 N–H and O–H groups in total. The number of rotatable bonds is 6. The normalized spacial score (nSPS) is 12.5. The molecule has 0 heterocycles. The molecule has 1 aromatic carbocycles. The van der Waals surface area contributed by atoms with Crippen LogP contribution in [0.1, 0.15) is 36.5 Å². The van der Waals surface area contributed by atoms with Crippen molar-refractivity contribution in [2.75, 3.05) is 14.1 Å². The number of benzene rings is 1. The Morgan fingerprint density at radius 2 is 1.94 bits per heavy atom. The lowest BCUT2D eigenvalue weighted by atomic mass is 10.2. The third kappa shape index (κ3) is 4.57. The minimum absolute atomic E-state index is 0.136. The second kappa shape index (κ2) is 7.07. The molecule has 0 aromatic heterocycles. The van der Waals surface area contributed by atoms with Crippen molar-refractivity contribution < 1.29 is 9.53 Å². The number of esters is 1. The lowest BCUT2D eigenvalue weighted by Gasteiger charge is -2.24. The highest BCUT2D eigenvalue weighted by Gasteiger charge is 2.16. The van der Waals surface area contributed by atoms with Gasteiger partial charge in [0.1, 0.15) is 0 Å². The predicted octanol–water partition coefficient (Wildman–Crippen LogP) is 2.92. The van der Waals surface area contributed by atoms with Crippen LogP contribution in [0.4, 0.5) is 0 Å². The standard InChI is InChI=1S/C14H21NO2/c1-4-5-11-13(15(2)3)17-14(16)12-9-7-6-8-10-12/h6-10,13H,4-5,11H2,1-3H3. The summed E-state index contributed by atoms with van der Waals surface area (Å²) in [6, 6.07) is 9.11. The van der Waals surface area contributed by atoms with Crippen molar-refractivity contribution in [3.63, 3.8) is 0 Å². The largest absolute Gasteiger partial charge is 0.443 e. The van der Waals surface area contributed by atoms with Gasteiger partial charge in [-0.05, 0) is 39.1 Å².